The van der Waals surface area contributed by atoms with Gasteiger partial charge in [0, 0.05) is 26.2 Å². The molecule has 3 unspecified atom stereocenters. The van der Waals surface area contributed by atoms with Crippen LogP contribution in [0.3, 0.4) is 0 Å². The molecule has 2 aliphatic rings. The van der Waals surface area contributed by atoms with Crippen LogP contribution >= 0.6 is 23.2 Å². The highest BCUT2D eigenvalue weighted by Gasteiger charge is 2.38. The third-order valence-corrected chi connectivity index (χ3v) is 6.44. The van der Waals surface area contributed by atoms with Gasteiger partial charge in [-0.15, -0.1) is 0 Å². The summed E-state index contributed by atoms with van der Waals surface area (Å²) in [4.78, 5) is 28.7. The number of carbonyl (C=O) groups is 2. The minimum absolute atomic E-state index is 0.267. The van der Waals surface area contributed by atoms with Crippen LogP contribution in [-0.4, -0.2) is 82.4 Å². The number of aliphatic hydroxyl groups is 1. The summed E-state index contributed by atoms with van der Waals surface area (Å²) in [5.41, 5.74) is 0.822. The van der Waals surface area contributed by atoms with Crippen molar-refractivity contribution < 1.29 is 24.6 Å². The van der Waals surface area contributed by atoms with Gasteiger partial charge >= 0.3 is 0 Å². The van der Waals surface area contributed by atoms with Gasteiger partial charge in [-0.1, -0.05) is 41.9 Å². The Balaban J connectivity index is 1.96. The van der Waals surface area contributed by atoms with Gasteiger partial charge in [0.15, 0.2) is 5.50 Å². The predicted molar refractivity (Wildman–Crippen MR) is 133 cm³/mol. The highest BCUT2D eigenvalue weighted by atomic mass is 35.5. The van der Waals surface area contributed by atoms with E-state index in [0.29, 0.717) is 56.4 Å². The van der Waals surface area contributed by atoms with Gasteiger partial charge in [0.2, 0.25) is 5.91 Å². The van der Waals surface area contributed by atoms with Gasteiger partial charge in [0.25, 0.3) is 5.91 Å². The van der Waals surface area contributed by atoms with E-state index in [2.05, 4.69) is 16.8 Å². The largest absolute Gasteiger partial charge is 0.494 e. The molecule has 2 heterocycles. The quantitative estimate of drug-likeness (QED) is 0.0678. The molecule has 10 nitrogen and oxygen atoms in total. The van der Waals surface area contributed by atoms with Gasteiger partial charge < -0.3 is 14.7 Å². The first-order valence-electron chi connectivity index (χ1n) is 11.5. The summed E-state index contributed by atoms with van der Waals surface area (Å²) in [6.45, 7) is 7.84. The lowest BCUT2D eigenvalue weighted by Crippen LogP contribution is -2.56. The van der Waals surface area contributed by atoms with Gasteiger partial charge in [0.1, 0.15) is 11.9 Å². The second-order valence-electron chi connectivity index (χ2n) is 8.02. The maximum atomic E-state index is 13.2. The molecule has 194 valence electrons. The Morgan fingerprint density at radius 3 is 2.69 bits per heavy atom. The molecule has 2 amide bonds. The average molecular weight is 530 g/mol. The number of rotatable bonds is 12. The van der Waals surface area contributed by atoms with Gasteiger partial charge in [0.05, 0.1) is 29.8 Å². The van der Waals surface area contributed by atoms with E-state index in [-0.39, 0.29) is 18.4 Å². The number of aliphatic hydroxyl groups excluding tert-OH is 1. The molecule has 0 aromatic carbocycles. The number of hydroxylamine groups is 1. The Morgan fingerprint density at radius 2 is 2.09 bits per heavy atom. The Hall–Kier alpha value is -2.24. The Morgan fingerprint density at radius 1 is 1.37 bits per heavy atom. The SMILES string of the molecule is C=C/C(=C\C=C\CCCC(C(=O)N1CCN(C2C(Cl)=CN=NC2Cl)CC1)[C@H](O)C(=O)NO)OCC. The standard InChI is InChI=1S/C23H33Cl2N5O5/c1-3-16(35-4-2)9-7-5-6-8-10-17(20(31)22(32)28-34)23(33)30-13-11-29(12-14-30)19-18(24)15-26-27-21(19)25/h3,5,7,9,15,17,19-21,31,34H,1,4,6,8,10-14H2,2H3,(H,28,32)/b7-5+,16-9+/t17?,19?,20-,21?/m0/s1. The number of piperazine rings is 1. The van der Waals surface area contributed by atoms with Crippen LogP contribution in [0.4, 0.5) is 0 Å². The fraction of sp³-hybridized carbons (Fsp3) is 0.565. The summed E-state index contributed by atoms with van der Waals surface area (Å²) in [5.74, 6) is -1.69. The second-order valence-corrected chi connectivity index (χ2v) is 8.90. The number of carbonyl (C=O) groups excluding carboxylic acids is 2. The molecule has 3 N–H and O–H groups in total. The van der Waals surface area contributed by atoms with Crippen molar-refractivity contribution in [1.29, 1.82) is 0 Å². The Bertz CT molecular complexity index is 855. The average Bonchev–Trinajstić information content (AvgIpc) is 2.86. The lowest BCUT2D eigenvalue weighted by Gasteiger charge is -2.41. The fourth-order valence-corrected chi connectivity index (χ4v) is 4.66. The predicted octanol–water partition coefficient (Wildman–Crippen LogP) is 2.93. The molecule has 2 rings (SSSR count). The number of hydrogen-bond donors (Lipinski definition) is 3. The number of alkyl halides is 1. The number of amides is 2. The monoisotopic (exact) mass is 529 g/mol. The summed E-state index contributed by atoms with van der Waals surface area (Å²) < 4.78 is 5.37. The summed E-state index contributed by atoms with van der Waals surface area (Å²) in [5, 5.41) is 27.6. The highest BCUT2D eigenvalue weighted by Crippen LogP contribution is 2.28. The van der Waals surface area contributed by atoms with Crippen molar-refractivity contribution in [2.45, 2.75) is 43.8 Å². The van der Waals surface area contributed by atoms with Crippen LogP contribution in [0.15, 0.2) is 58.1 Å². The number of nitrogens with zero attached hydrogens (tertiary/aromatic N) is 4. The van der Waals surface area contributed by atoms with Crippen LogP contribution in [0.2, 0.25) is 0 Å². The molecule has 0 bridgehead atoms. The maximum absolute atomic E-state index is 13.2. The zero-order chi connectivity index (χ0) is 25.8. The molecule has 2 aliphatic heterocycles. The van der Waals surface area contributed by atoms with E-state index in [1.165, 1.54) is 11.7 Å². The van der Waals surface area contributed by atoms with Gasteiger partial charge in [-0.2, -0.15) is 10.2 Å². The minimum atomic E-state index is -1.66. The summed E-state index contributed by atoms with van der Waals surface area (Å²) in [7, 11) is 0. The first-order chi connectivity index (χ1) is 16.8. The molecule has 0 aromatic heterocycles. The molecule has 12 heteroatoms. The van der Waals surface area contributed by atoms with Gasteiger partial charge in [-0.25, -0.2) is 5.48 Å². The maximum Gasteiger partial charge on any atom is 0.272 e. The number of allylic oxidation sites excluding steroid dienone is 4. The summed E-state index contributed by atoms with van der Waals surface area (Å²) in [6.07, 6.45) is 8.37. The summed E-state index contributed by atoms with van der Waals surface area (Å²) >= 11 is 12.5. The van der Waals surface area contributed by atoms with Crippen LogP contribution in [0, 0.1) is 5.92 Å². The zero-order valence-corrected chi connectivity index (χ0v) is 21.2. The van der Waals surface area contributed by atoms with Crippen molar-refractivity contribution >= 4 is 35.0 Å². The van der Waals surface area contributed by atoms with Crippen LogP contribution in [0.5, 0.6) is 0 Å². The van der Waals surface area contributed by atoms with Crippen LogP contribution in [0.1, 0.15) is 26.2 Å². The molecular weight excluding hydrogens is 497 g/mol. The second kappa shape index (κ2) is 15.0. The van der Waals surface area contributed by atoms with Crippen molar-refractivity contribution in [1.82, 2.24) is 15.3 Å². The Labute approximate surface area is 215 Å². The topological polar surface area (TPSA) is 127 Å². The lowest BCUT2D eigenvalue weighted by molar-refractivity contribution is -0.151. The molecule has 1 saturated heterocycles. The van der Waals surface area contributed by atoms with Crippen molar-refractivity contribution in [3.8, 4) is 0 Å². The van der Waals surface area contributed by atoms with E-state index >= 15 is 0 Å². The molecule has 0 saturated carbocycles. The number of ether oxygens (including phenoxy) is 1. The smallest absolute Gasteiger partial charge is 0.272 e. The normalized spacial score (nSPS) is 23.1. The zero-order valence-electron chi connectivity index (χ0n) is 19.7. The van der Waals surface area contributed by atoms with Gasteiger partial charge in [-0.05, 0) is 38.3 Å². The van der Waals surface area contributed by atoms with Crippen molar-refractivity contribution in [3.63, 3.8) is 0 Å². The third-order valence-electron chi connectivity index (χ3n) is 5.79. The number of hydrogen-bond acceptors (Lipinski definition) is 8. The highest BCUT2D eigenvalue weighted by molar-refractivity contribution is 6.31. The van der Waals surface area contributed by atoms with Crippen LogP contribution in [0.25, 0.3) is 0 Å². The van der Waals surface area contributed by atoms with E-state index in [0.717, 1.165) is 0 Å². The van der Waals surface area contributed by atoms with E-state index in [1.807, 2.05) is 24.0 Å². The van der Waals surface area contributed by atoms with Crippen molar-refractivity contribution in [3.05, 3.63) is 47.9 Å². The Kier molecular flexibility index (Phi) is 12.4. The van der Waals surface area contributed by atoms with Gasteiger partial charge in [-0.3, -0.25) is 19.7 Å². The molecule has 4 atom stereocenters. The molecular formula is C23H33Cl2N5O5. The van der Waals surface area contributed by atoms with E-state index in [1.54, 1.807) is 17.1 Å². The number of azo groups is 1. The first-order valence-corrected chi connectivity index (χ1v) is 12.3. The van der Waals surface area contributed by atoms with Crippen molar-refractivity contribution in [2.24, 2.45) is 16.1 Å². The summed E-state index contributed by atoms with van der Waals surface area (Å²) in [6, 6.07) is -0.320. The van der Waals surface area contributed by atoms with E-state index in [4.69, 9.17) is 33.1 Å². The van der Waals surface area contributed by atoms with Crippen molar-refractivity contribution in [2.75, 3.05) is 32.8 Å². The molecule has 0 aliphatic carbocycles. The molecule has 35 heavy (non-hydrogen) atoms. The molecule has 0 radical (unpaired) electrons. The minimum Gasteiger partial charge on any atom is -0.494 e. The van der Waals surface area contributed by atoms with Crippen LogP contribution < -0.4 is 5.48 Å². The number of halogens is 2. The number of nitrogens with one attached hydrogen (secondary N) is 1. The van der Waals surface area contributed by atoms with Crippen LogP contribution in [-0.2, 0) is 14.3 Å². The number of unbranched alkanes of at least 4 members (excludes halogenated alkanes) is 1. The molecule has 0 aromatic rings. The van der Waals surface area contributed by atoms with E-state index in [9.17, 15) is 14.7 Å². The first kappa shape index (κ1) is 29.0. The third kappa shape index (κ3) is 8.43. The fourth-order valence-electron chi connectivity index (χ4n) is 3.95. The van der Waals surface area contributed by atoms with E-state index < -0.39 is 23.4 Å². The lowest BCUT2D eigenvalue weighted by atomic mass is 9.93. The molecule has 0 spiro atoms. The molecule has 1 fully saturated rings.